The summed E-state index contributed by atoms with van der Waals surface area (Å²) < 4.78 is 44.6. The van der Waals surface area contributed by atoms with Crippen molar-refractivity contribution in [3.8, 4) is 5.75 Å². The van der Waals surface area contributed by atoms with Gasteiger partial charge in [-0.2, -0.15) is 5.10 Å². The van der Waals surface area contributed by atoms with Gasteiger partial charge in [-0.25, -0.2) is 8.42 Å². The molecule has 0 aliphatic carbocycles. The molecule has 0 saturated carbocycles. The first-order chi connectivity index (χ1) is 14.5. The fourth-order valence-corrected chi connectivity index (χ4v) is 4.81. The lowest BCUT2D eigenvalue weighted by molar-refractivity contribution is -0.144. The molecule has 1 aromatic heterocycles. The Labute approximate surface area is 181 Å². The van der Waals surface area contributed by atoms with Crippen LogP contribution in [0, 0.1) is 20.8 Å². The van der Waals surface area contributed by atoms with Crippen LogP contribution < -0.4 is 9.46 Å². The highest BCUT2D eigenvalue weighted by Gasteiger charge is 2.25. The van der Waals surface area contributed by atoms with Crippen molar-refractivity contribution in [2.75, 3.05) is 26.1 Å². The molecule has 2 rings (SSSR count). The number of ether oxygens (including phenoxy) is 3. The molecule has 10 nitrogen and oxygen atoms in total. The Kier molecular flexibility index (Phi) is 7.66. The van der Waals surface area contributed by atoms with Crippen LogP contribution in [-0.2, 0) is 29.1 Å². The van der Waals surface area contributed by atoms with Crippen LogP contribution in [0.3, 0.4) is 0 Å². The summed E-state index contributed by atoms with van der Waals surface area (Å²) in [5.41, 5.74) is 2.02. The highest BCUT2D eigenvalue weighted by atomic mass is 32.2. The number of rotatable bonds is 9. The normalized spacial score (nSPS) is 11.3. The van der Waals surface area contributed by atoms with Crippen LogP contribution in [0.4, 0.5) is 5.69 Å². The van der Waals surface area contributed by atoms with Crippen molar-refractivity contribution in [1.82, 2.24) is 9.78 Å². The van der Waals surface area contributed by atoms with Gasteiger partial charge in [-0.1, -0.05) is 0 Å². The Morgan fingerprint density at radius 3 is 2.16 bits per heavy atom. The van der Waals surface area contributed by atoms with Gasteiger partial charge in [0.1, 0.15) is 5.75 Å². The van der Waals surface area contributed by atoms with Crippen LogP contribution in [0.15, 0.2) is 23.4 Å². The smallest absolute Gasteiger partial charge is 0.307 e. The minimum absolute atomic E-state index is 0.130. The highest BCUT2D eigenvalue weighted by Crippen LogP contribution is 2.31. The number of nitrogens with zero attached hydrogens (tertiary/aromatic N) is 2. The number of carbonyl (C=O) groups is 2. The molecule has 2 aromatic rings. The van der Waals surface area contributed by atoms with Gasteiger partial charge in [0, 0.05) is 6.20 Å². The van der Waals surface area contributed by atoms with E-state index in [1.54, 1.807) is 26.8 Å². The largest absolute Gasteiger partial charge is 0.496 e. The summed E-state index contributed by atoms with van der Waals surface area (Å²) in [6.45, 7) is 5.19. The van der Waals surface area contributed by atoms with E-state index in [1.807, 2.05) is 0 Å². The second-order valence-electron chi connectivity index (χ2n) is 7.00. The maximum atomic E-state index is 13.1. The van der Waals surface area contributed by atoms with E-state index in [2.05, 4.69) is 19.3 Å². The summed E-state index contributed by atoms with van der Waals surface area (Å²) in [7, 11) is 0.0723. The van der Waals surface area contributed by atoms with E-state index < -0.39 is 28.0 Å². The van der Waals surface area contributed by atoms with Crippen molar-refractivity contribution in [1.29, 1.82) is 0 Å². The standard InChI is InChI=1S/C20H27N3O7S/c1-12-7-17(28-4)13(2)14(3)20(12)31(26,27)22-15-10-21-23(11-15)16(8-18(24)29-5)9-19(25)30-6/h7,10-11,16,22H,8-9H2,1-6H3. The van der Waals surface area contributed by atoms with E-state index in [-0.39, 0.29) is 23.4 Å². The van der Waals surface area contributed by atoms with Crippen molar-refractivity contribution in [2.24, 2.45) is 0 Å². The molecular weight excluding hydrogens is 426 g/mol. The molecule has 0 radical (unpaired) electrons. The lowest BCUT2D eigenvalue weighted by Gasteiger charge is -2.17. The van der Waals surface area contributed by atoms with Gasteiger partial charge in [-0.15, -0.1) is 0 Å². The maximum absolute atomic E-state index is 13.1. The monoisotopic (exact) mass is 453 g/mol. The number of hydrogen-bond acceptors (Lipinski definition) is 8. The van der Waals surface area contributed by atoms with E-state index in [4.69, 9.17) is 4.74 Å². The zero-order chi connectivity index (χ0) is 23.3. The summed E-state index contributed by atoms with van der Waals surface area (Å²) in [4.78, 5) is 23.6. The molecule has 1 N–H and O–H groups in total. The predicted octanol–water partition coefficient (Wildman–Crippen LogP) is 2.29. The van der Waals surface area contributed by atoms with Gasteiger partial charge in [0.15, 0.2) is 0 Å². The second kappa shape index (κ2) is 9.82. The summed E-state index contributed by atoms with van der Waals surface area (Å²) >= 11 is 0. The zero-order valence-electron chi connectivity index (χ0n) is 18.4. The molecule has 0 aliphatic rings. The Morgan fingerprint density at radius 1 is 1.06 bits per heavy atom. The van der Waals surface area contributed by atoms with Gasteiger partial charge in [-0.3, -0.25) is 19.0 Å². The average molecular weight is 454 g/mol. The second-order valence-corrected chi connectivity index (χ2v) is 8.62. The molecule has 1 aromatic carbocycles. The molecule has 1 heterocycles. The Balaban J connectivity index is 2.35. The first-order valence-electron chi connectivity index (χ1n) is 9.39. The van der Waals surface area contributed by atoms with Gasteiger partial charge >= 0.3 is 11.9 Å². The Bertz CT molecular complexity index is 1060. The van der Waals surface area contributed by atoms with E-state index in [1.165, 1.54) is 38.4 Å². The molecule has 0 amide bonds. The van der Waals surface area contributed by atoms with Crippen LogP contribution >= 0.6 is 0 Å². The number of benzene rings is 1. The minimum Gasteiger partial charge on any atom is -0.496 e. The zero-order valence-corrected chi connectivity index (χ0v) is 19.2. The summed E-state index contributed by atoms with van der Waals surface area (Å²) in [5.74, 6) is -0.465. The third-order valence-electron chi connectivity index (χ3n) is 4.95. The van der Waals surface area contributed by atoms with Crippen molar-refractivity contribution in [3.05, 3.63) is 35.2 Å². The fourth-order valence-electron chi connectivity index (χ4n) is 3.25. The number of hydrogen-bond donors (Lipinski definition) is 1. The van der Waals surface area contributed by atoms with E-state index in [9.17, 15) is 18.0 Å². The molecule has 0 bridgehead atoms. The maximum Gasteiger partial charge on any atom is 0.307 e. The third-order valence-corrected chi connectivity index (χ3v) is 6.62. The lowest BCUT2D eigenvalue weighted by Crippen LogP contribution is -2.20. The number of carbonyl (C=O) groups excluding carboxylic acids is 2. The molecule has 11 heteroatoms. The van der Waals surface area contributed by atoms with Crippen molar-refractivity contribution >= 4 is 27.6 Å². The van der Waals surface area contributed by atoms with Crippen LogP contribution in [0.5, 0.6) is 5.75 Å². The fraction of sp³-hybridized carbons (Fsp3) is 0.450. The molecule has 0 aliphatic heterocycles. The molecule has 0 unspecified atom stereocenters. The third kappa shape index (κ3) is 5.54. The quantitative estimate of drug-likeness (QED) is 0.573. The number of aryl methyl sites for hydroxylation is 1. The predicted molar refractivity (Wildman–Crippen MR) is 113 cm³/mol. The average Bonchev–Trinajstić information content (AvgIpc) is 3.17. The topological polar surface area (TPSA) is 126 Å². The van der Waals surface area contributed by atoms with Gasteiger partial charge in [-0.05, 0) is 43.5 Å². The lowest BCUT2D eigenvalue weighted by atomic mass is 10.1. The number of aromatic nitrogens is 2. The van der Waals surface area contributed by atoms with Crippen molar-refractivity contribution in [3.63, 3.8) is 0 Å². The van der Waals surface area contributed by atoms with Crippen molar-refractivity contribution < 1.29 is 32.2 Å². The number of esters is 2. The number of sulfonamides is 1. The van der Waals surface area contributed by atoms with Gasteiger partial charge < -0.3 is 14.2 Å². The van der Waals surface area contributed by atoms with Crippen molar-refractivity contribution in [2.45, 2.75) is 44.6 Å². The molecular formula is C20H27N3O7S. The van der Waals surface area contributed by atoms with Gasteiger partial charge in [0.2, 0.25) is 0 Å². The van der Waals surface area contributed by atoms with Crippen LogP contribution in [-0.4, -0.2) is 51.5 Å². The summed E-state index contributed by atoms with van der Waals surface area (Å²) in [6, 6.07) is 0.980. The molecule has 0 spiro atoms. The highest BCUT2D eigenvalue weighted by molar-refractivity contribution is 7.92. The minimum atomic E-state index is -3.93. The number of anilines is 1. The Morgan fingerprint density at radius 2 is 1.65 bits per heavy atom. The first kappa shape index (κ1) is 24.2. The first-order valence-corrected chi connectivity index (χ1v) is 10.9. The van der Waals surface area contributed by atoms with Crippen LogP contribution in [0.25, 0.3) is 0 Å². The molecule has 0 atom stereocenters. The summed E-state index contributed by atoms with van der Waals surface area (Å²) in [5, 5.41) is 4.11. The van der Waals surface area contributed by atoms with E-state index >= 15 is 0 Å². The van der Waals surface area contributed by atoms with Gasteiger partial charge in [0.05, 0.1) is 57.0 Å². The molecule has 0 fully saturated rings. The van der Waals surface area contributed by atoms with E-state index in [0.717, 1.165) is 5.56 Å². The number of methoxy groups -OCH3 is 3. The molecule has 170 valence electrons. The van der Waals surface area contributed by atoms with Gasteiger partial charge in [0.25, 0.3) is 10.0 Å². The Hall–Kier alpha value is -3.08. The summed E-state index contributed by atoms with van der Waals surface area (Å²) in [6.07, 6.45) is 2.46. The molecule has 31 heavy (non-hydrogen) atoms. The SMILES string of the molecule is COC(=O)CC(CC(=O)OC)n1cc(NS(=O)(=O)c2c(C)cc(OC)c(C)c2C)cn1. The number of nitrogens with one attached hydrogen (secondary N) is 1. The van der Waals surface area contributed by atoms with E-state index in [0.29, 0.717) is 16.9 Å². The van der Waals surface area contributed by atoms with Crippen LogP contribution in [0.2, 0.25) is 0 Å². The van der Waals surface area contributed by atoms with Crippen LogP contribution in [0.1, 0.15) is 35.6 Å². The molecule has 0 saturated heterocycles.